The van der Waals surface area contributed by atoms with E-state index in [1.54, 1.807) is 6.92 Å². The Morgan fingerprint density at radius 2 is 2.50 bits per heavy atom. The molecule has 0 saturated carbocycles. The highest BCUT2D eigenvalue weighted by molar-refractivity contribution is 7.80. The second-order valence-corrected chi connectivity index (χ2v) is 2.90. The van der Waals surface area contributed by atoms with Crippen molar-refractivity contribution < 1.29 is 9.53 Å². The van der Waals surface area contributed by atoms with Crippen LogP contribution >= 0.6 is 12.2 Å². The molecule has 0 bridgehead atoms. The summed E-state index contributed by atoms with van der Waals surface area (Å²) in [5.41, 5.74) is -0.725. The van der Waals surface area contributed by atoms with Crippen molar-refractivity contribution in [1.29, 1.82) is 0 Å². The Balaban J connectivity index is 2.72. The lowest BCUT2D eigenvalue weighted by molar-refractivity contribution is -0.129. The number of carbonyl (C=O) groups is 1. The zero-order chi connectivity index (χ0) is 7.78. The standard InChI is InChI=1S/C6H9NO2S/c1-4(8)6(2)3-7-5(10)9-6/h3H2,1-2H3,(H,7,10). The fourth-order valence-electron chi connectivity index (χ4n) is 0.714. The molecule has 0 amide bonds. The molecule has 1 saturated heterocycles. The van der Waals surface area contributed by atoms with Crippen molar-refractivity contribution in [3.63, 3.8) is 0 Å². The highest BCUT2D eigenvalue weighted by Gasteiger charge is 2.37. The van der Waals surface area contributed by atoms with Gasteiger partial charge in [0.2, 0.25) is 0 Å². The van der Waals surface area contributed by atoms with E-state index in [1.807, 2.05) is 0 Å². The van der Waals surface area contributed by atoms with E-state index in [-0.39, 0.29) is 5.78 Å². The van der Waals surface area contributed by atoms with Crippen LogP contribution in [0.3, 0.4) is 0 Å². The van der Waals surface area contributed by atoms with Crippen molar-refractivity contribution in [2.75, 3.05) is 6.54 Å². The highest BCUT2D eigenvalue weighted by atomic mass is 32.1. The Hall–Kier alpha value is -0.640. The molecule has 1 atom stereocenters. The molecule has 0 aliphatic carbocycles. The topological polar surface area (TPSA) is 38.3 Å². The zero-order valence-corrected chi connectivity index (χ0v) is 6.75. The van der Waals surface area contributed by atoms with Gasteiger partial charge in [0.15, 0.2) is 11.4 Å². The molecule has 0 aromatic carbocycles. The van der Waals surface area contributed by atoms with E-state index >= 15 is 0 Å². The number of carbonyl (C=O) groups excluding carboxylic acids is 1. The Bertz CT molecular complexity index is 192. The van der Waals surface area contributed by atoms with Gasteiger partial charge in [-0.1, -0.05) is 0 Å². The van der Waals surface area contributed by atoms with Gasteiger partial charge < -0.3 is 10.1 Å². The van der Waals surface area contributed by atoms with Crippen molar-refractivity contribution in [2.45, 2.75) is 19.4 Å². The summed E-state index contributed by atoms with van der Waals surface area (Å²) in [5.74, 6) is -0.000139. The molecule has 1 N–H and O–H groups in total. The molecule has 0 spiro atoms. The first-order valence-electron chi connectivity index (χ1n) is 3.02. The van der Waals surface area contributed by atoms with Crippen LogP contribution in [0.15, 0.2) is 0 Å². The third-order valence-corrected chi connectivity index (χ3v) is 1.86. The van der Waals surface area contributed by atoms with Crippen LogP contribution in [0.4, 0.5) is 0 Å². The van der Waals surface area contributed by atoms with Gasteiger partial charge in [-0.15, -0.1) is 0 Å². The minimum absolute atomic E-state index is 0.000139. The van der Waals surface area contributed by atoms with Gasteiger partial charge in [0.1, 0.15) is 0 Å². The monoisotopic (exact) mass is 159 g/mol. The van der Waals surface area contributed by atoms with Crippen LogP contribution in [0.5, 0.6) is 0 Å². The number of Topliss-reactive ketones (excluding diaryl/α,β-unsaturated/α-hetero) is 1. The lowest BCUT2D eigenvalue weighted by atomic mass is 10.0. The Labute approximate surface area is 64.7 Å². The third-order valence-electron chi connectivity index (χ3n) is 1.63. The van der Waals surface area contributed by atoms with Crippen LogP contribution in [0, 0.1) is 0 Å². The third kappa shape index (κ3) is 1.11. The molecule has 1 heterocycles. The number of rotatable bonds is 1. The number of hydrogen-bond acceptors (Lipinski definition) is 3. The lowest BCUT2D eigenvalue weighted by Crippen LogP contribution is -2.37. The van der Waals surface area contributed by atoms with Crippen molar-refractivity contribution >= 4 is 23.2 Å². The molecular weight excluding hydrogens is 150 g/mol. The van der Waals surface area contributed by atoms with Crippen LogP contribution < -0.4 is 5.32 Å². The second kappa shape index (κ2) is 2.20. The highest BCUT2D eigenvalue weighted by Crippen LogP contribution is 2.15. The molecule has 10 heavy (non-hydrogen) atoms. The molecule has 1 aliphatic rings. The molecule has 56 valence electrons. The summed E-state index contributed by atoms with van der Waals surface area (Å²) in [7, 11) is 0. The van der Waals surface area contributed by atoms with Gasteiger partial charge in [-0.3, -0.25) is 4.79 Å². The molecule has 1 rings (SSSR count). The quantitative estimate of drug-likeness (QED) is 0.556. The first kappa shape index (κ1) is 7.47. The Morgan fingerprint density at radius 1 is 1.90 bits per heavy atom. The largest absolute Gasteiger partial charge is 0.455 e. The van der Waals surface area contributed by atoms with Gasteiger partial charge in [-0.2, -0.15) is 0 Å². The smallest absolute Gasteiger partial charge is 0.257 e. The molecule has 0 aromatic rings. The van der Waals surface area contributed by atoms with E-state index in [2.05, 4.69) is 5.32 Å². The molecular formula is C6H9NO2S. The van der Waals surface area contributed by atoms with E-state index in [4.69, 9.17) is 17.0 Å². The van der Waals surface area contributed by atoms with E-state index in [0.29, 0.717) is 11.7 Å². The minimum Gasteiger partial charge on any atom is -0.455 e. The van der Waals surface area contributed by atoms with Gasteiger partial charge in [0, 0.05) is 0 Å². The number of nitrogens with one attached hydrogen (secondary N) is 1. The summed E-state index contributed by atoms with van der Waals surface area (Å²) in [6.07, 6.45) is 0. The minimum atomic E-state index is -0.725. The first-order valence-corrected chi connectivity index (χ1v) is 3.43. The van der Waals surface area contributed by atoms with Crippen molar-refractivity contribution in [2.24, 2.45) is 0 Å². The van der Waals surface area contributed by atoms with Crippen LogP contribution in [0.1, 0.15) is 13.8 Å². The average molecular weight is 159 g/mol. The van der Waals surface area contributed by atoms with E-state index in [1.165, 1.54) is 6.92 Å². The molecule has 1 fully saturated rings. The first-order chi connectivity index (χ1) is 4.54. The van der Waals surface area contributed by atoms with E-state index in [9.17, 15) is 4.79 Å². The van der Waals surface area contributed by atoms with Crippen molar-refractivity contribution in [3.8, 4) is 0 Å². The maximum atomic E-state index is 10.9. The molecule has 3 nitrogen and oxygen atoms in total. The van der Waals surface area contributed by atoms with Gasteiger partial charge >= 0.3 is 0 Å². The maximum absolute atomic E-state index is 10.9. The van der Waals surface area contributed by atoms with Crippen molar-refractivity contribution in [1.82, 2.24) is 5.32 Å². The summed E-state index contributed by atoms with van der Waals surface area (Å²) in [6.45, 7) is 3.71. The van der Waals surface area contributed by atoms with Crippen LogP contribution in [-0.2, 0) is 9.53 Å². The summed E-state index contributed by atoms with van der Waals surface area (Å²) >= 11 is 4.70. The number of hydrogen-bond donors (Lipinski definition) is 1. The summed E-state index contributed by atoms with van der Waals surface area (Å²) in [4.78, 5) is 10.9. The van der Waals surface area contributed by atoms with Gasteiger partial charge in [-0.05, 0) is 26.1 Å². The van der Waals surface area contributed by atoms with E-state index < -0.39 is 5.60 Å². The maximum Gasteiger partial charge on any atom is 0.257 e. The number of thiocarbonyl (C=S) groups is 1. The lowest BCUT2D eigenvalue weighted by Gasteiger charge is -2.16. The summed E-state index contributed by atoms with van der Waals surface area (Å²) in [6, 6.07) is 0. The van der Waals surface area contributed by atoms with Crippen molar-refractivity contribution in [3.05, 3.63) is 0 Å². The normalized spacial score (nSPS) is 31.2. The molecule has 0 aromatic heterocycles. The molecule has 1 aliphatic heterocycles. The van der Waals surface area contributed by atoms with Gasteiger partial charge in [0.25, 0.3) is 5.17 Å². The fraction of sp³-hybridized carbons (Fsp3) is 0.667. The Kier molecular flexibility index (Phi) is 1.64. The number of ketones is 1. The van der Waals surface area contributed by atoms with Crippen LogP contribution in [-0.4, -0.2) is 23.1 Å². The predicted molar refractivity (Wildman–Crippen MR) is 40.8 cm³/mol. The van der Waals surface area contributed by atoms with Gasteiger partial charge in [-0.25, -0.2) is 0 Å². The predicted octanol–water partition coefficient (Wildman–Crippen LogP) is 0.239. The molecule has 1 unspecified atom stereocenters. The fourth-order valence-corrected chi connectivity index (χ4v) is 0.970. The van der Waals surface area contributed by atoms with Gasteiger partial charge in [0.05, 0.1) is 6.54 Å². The average Bonchev–Trinajstić information content (AvgIpc) is 2.13. The SMILES string of the molecule is CC(=O)C1(C)CNC(=S)O1. The van der Waals surface area contributed by atoms with E-state index in [0.717, 1.165) is 0 Å². The number of ether oxygens (including phenoxy) is 1. The van der Waals surface area contributed by atoms with Crippen LogP contribution in [0.25, 0.3) is 0 Å². The molecule has 0 radical (unpaired) electrons. The molecule has 4 heteroatoms. The summed E-state index contributed by atoms with van der Waals surface area (Å²) < 4.78 is 5.08. The summed E-state index contributed by atoms with van der Waals surface area (Å²) in [5, 5.41) is 3.10. The van der Waals surface area contributed by atoms with Crippen LogP contribution in [0.2, 0.25) is 0 Å². The second-order valence-electron chi connectivity index (χ2n) is 2.53. The Morgan fingerprint density at radius 3 is 2.70 bits per heavy atom. The zero-order valence-electron chi connectivity index (χ0n) is 5.93.